The molecule has 0 aliphatic carbocycles. The zero-order valence-corrected chi connectivity index (χ0v) is 11.9. The lowest BCUT2D eigenvalue weighted by Gasteiger charge is -2.13. The lowest BCUT2D eigenvalue weighted by Crippen LogP contribution is -2.11. The van der Waals surface area contributed by atoms with Crippen LogP contribution in [0.25, 0.3) is 0 Å². The zero-order valence-electron chi connectivity index (χ0n) is 11.2. The summed E-state index contributed by atoms with van der Waals surface area (Å²) in [5.74, 6) is -1.11. The molecule has 2 aromatic rings. The molecule has 0 saturated carbocycles. The molecule has 0 aliphatic heterocycles. The summed E-state index contributed by atoms with van der Waals surface area (Å²) < 4.78 is 51.1. The van der Waals surface area contributed by atoms with Crippen molar-refractivity contribution in [1.29, 1.82) is 0 Å². The summed E-state index contributed by atoms with van der Waals surface area (Å²) in [5.41, 5.74) is -0.957. The Morgan fingerprint density at radius 1 is 1.19 bits per heavy atom. The van der Waals surface area contributed by atoms with Crippen molar-refractivity contribution in [2.45, 2.75) is 20.0 Å². The van der Waals surface area contributed by atoms with Gasteiger partial charge >= 0.3 is 6.18 Å². The van der Waals surface area contributed by atoms with Gasteiger partial charge in [-0.1, -0.05) is 19.9 Å². The minimum absolute atomic E-state index is 0.125. The van der Waals surface area contributed by atoms with Gasteiger partial charge in [0.15, 0.2) is 0 Å². The molecular formula is C13H12ClF4N3. The van der Waals surface area contributed by atoms with Gasteiger partial charge in [-0.3, -0.25) is 0 Å². The molecule has 0 spiro atoms. The maximum atomic E-state index is 13.0. The van der Waals surface area contributed by atoms with Crippen LogP contribution >= 0.6 is 11.6 Å². The Morgan fingerprint density at radius 3 is 2.43 bits per heavy atom. The standard InChI is InChI=1S/C11H6ClF4N3.C2H6/c12-10-17-5-8(11(14,15)16)9(19-10)18-7-3-1-2-6(13)4-7;1-2/h1-5H,(H,17,18,19);1-2H3. The summed E-state index contributed by atoms with van der Waals surface area (Å²) in [4.78, 5) is 6.75. The molecule has 2 rings (SSSR count). The summed E-state index contributed by atoms with van der Waals surface area (Å²) in [6, 6.07) is 4.96. The van der Waals surface area contributed by atoms with E-state index in [1.165, 1.54) is 18.2 Å². The van der Waals surface area contributed by atoms with Crippen LogP contribution in [0, 0.1) is 5.82 Å². The van der Waals surface area contributed by atoms with Crippen LogP contribution < -0.4 is 5.32 Å². The molecule has 0 radical (unpaired) electrons. The molecule has 0 aliphatic rings. The number of hydrogen-bond donors (Lipinski definition) is 1. The minimum atomic E-state index is -4.64. The van der Waals surface area contributed by atoms with Crippen LogP contribution in [0.1, 0.15) is 19.4 Å². The topological polar surface area (TPSA) is 37.8 Å². The second-order valence-corrected chi connectivity index (χ2v) is 3.87. The molecule has 1 aromatic carbocycles. The molecule has 0 fully saturated rings. The van der Waals surface area contributed by atoms with E-state index in [4.69, 9.17) is 11.6 Å². The second-order valence-electron chi connectivity index (χ2n) is 3.53. The van der Waals surface area contributed by atoms with Crippen molar-refractivity contribution in [2.75, 3.05) is 5.32 Å². The second kappa shape index (κ2) is 7.21. The molecule has 1 aromatic heterocycles. The predicted molar refractivity (Wildman–Crippen MR) is 73.1 cm³/mol. The lowest BCUT2D eigenvalue weighted by atomic mass is 10.2. The molecule has 0 saturated heterocycles. The summed E-state index contributed by atoms with van der Waals surface area (Å²) >= 11 is 5.46. The molecule has 0 atom stereocenters. The van der Waals surface area contributed by atoms with Crippen LogP contribution in [0.15, 0.2) is 30.5 Å². The number of nitrogens with zero attached hydrogens (tertiary/aromatic N) is 2. The van der Waals surface area contributed by atoms with Crippen molar-refractivity contribution in [2.24, 2.45) is 0 Å². The molecule has 3 nitrogen and oxygen atoms in total. The summed E-state index contributed by atoms with van der Waals surface area (Å²) in [7, 11) is 0. The summed E-state index contributed by atoms with van der Waals surface area (Å²) in [6.07, 6.45) is -4.07. The van der Waals surface area contributed by atoms with E-state index in [0.29, 0.717) is 6.20 Å². The number of alkyl halides is 3. The first kappa shape index (κ1) is 17.2. The third-order valence-corrected chi connectivity index (χ3v) is 2.33. The Balaban J connectivity index is 0.00000106. The first-order chi connectivity index (χ1) is 9.86. The van der Waals surface area contributed by atoms with Crippen molar-refractivity contribution in [3.05, 3.63) is 47.1 Å². The zero-order chi connectivity index (χ0) is 16.0. The highest BCUT2D eigenvalue weighted by Gasteiger charge is 2.35. The molecule has 0 amide bonds. The van der Waals surface area contributed by atoms with Gasteiger partial charge in [-0.25, -0.2) is 9.37 Å². The number of hydrogen-bond acceptors (Lipinski definition) is 3. The number of rotatable bonds is 2. The third kappa shape index (κ3) is 4.86. The van der Waals surface area contributed by atoms with Crippen molar-refractivity contribution in [1.82, 2.24) is 9.97 Å². The quantitative estimate of drug-likeness (QED) is 0.620. The van der Waals surface area contributed by atoms with Crippen LogP contribution in [-0.4, -0.2) is 9.97 Å². The maximum Gasteiger partial charge on any atom is 0.421 e. The minimum Gasteiger partial charge on any atom is -0.339 e. The fraction of sp³-hybridized carbons (Fsp3) is 0.231. The van der Waals surface area contributed by atoms with Crippen LogP contribution in [0.5, 0.6) is 0 Å². The number of halogens is 5. The smallest absolute Gasteiger partial charge is 0.339 e. The van der Waals surface area contributed by atoms with Crippen LogP contribution in [-0.2, 0) is 6.18 Å². The van der Waals surface area contributed by atoms with Crippen molar-refractivity contribution in [3.8, 4) is 0 Å². The van der Waals surface area contributed by atoms with Gasteiger partial charge in [0, 0.05) is 11.9 Å². The number of benzene rings is 1. The number of nitrogens with one attached hydrogen (secondary N) is 1. The van der Waals surface area contributed by atoms with Gasteiger partial charge in [0.2, 0.25) is 5.28 Å². The van der Waals surface area contributed by atoms with Crippen LogP contribution in [0.3, 0.4) is 0 Å². The Bertz CT molecular complexity index is 602. The van der Waals surface area contributed by atoms with Crippen molar-refractivity contribution < 1.29 is 17.6 Å². The molecule has 21 heavy (non-hydrogen) atoms. The first-order valence-corrected chi connectivity index (χ1v) is 6.36. The van der Waals surface area contributed by atoms with E-state index in [0.717, 1.165) is 6.07 Å². The average molecular weight is 322 g/mol. The fourth-order valence-electron chi connectivity index (χ4n) is 1.37. The molecule has 0 bridgehead atoms. The Kier molecular flexibility index (Phi) is 5.90. The highest BCUT2D eigenvalue weighted by atomic mass is 35.5. The Labute approximate surface area is 124 Å². The number of anilines is 2. The fourth-order valence-corrected chi connectivity index (χ4v) is 1.50. The first-order valence-electron chi connectivity index (χ1n) is 5.98. The highest BCUT2D eigenvalue weighted by molar-refractivity contribution is 6.28. The van der Waals surface area contributed by atoms with Crippen LogP contribution in [0.4, 0.5) is 29.1 Å². The highest BCUT2D eigenvalue weighted by Crippen LogP contribution is 2.34. The SMILES string of the molecule is CC.Fc1cccc(Nc2nc(Cl)ncc2C(F)(F)F)c1. The molecule has 1 heterocycles. The summed E-state index contributed by atoms with van der Waals surface area (Å²) in [6.45, 7) is 4.00. The van der Waals surface area contributed by atoms with Gasteiger partial charge < -0.3 is 5.32 Å². The van der Waals surface area contributed by atoms with Gasteiger partial charge in [0.05, 0.1) is 0 Å². The van der Waals surface area contributed by atoms with E-state index in [1.54, 1.807) is 0 Å². The maximum absolute atomic E-state index is 13.0. The molecule has 1 N–H and O–H groups in total. The average Bonchev–Trinajstić information content (AvgIpc) is 2.39. The van der Waals surface area contributed by atoms with Gasteiger partial charge in [0.25, 0.3) is 0 Å². The molecule has 0 unspecified atom stereocenters. The van der Waals surface area contributed by atoms with E-state index < -0.39 is 23.4 Å². The predicted octanol–water partition coefficient (Wildman–Crippen LogP) is 5.06. The monoisotopic (exact) mass is 321 g/mol. The lowest BCUT2D eigenvalue weighted by molar-refractivity contribution is -0.137. The van der Waals surface area contributed by atoms with Crippen LogP contribution in [0.2, 0.25) is 5.28 Å². The Hall–Kier alpha value is -1.89. The van der Waals surface area contributed by atoms with Gasteiger partial charge in [-0.15, -0.1) is 0 Å². The summed E-state index contributed by atoms with van der Waals surface area (Å²) in [5, 5.41) is 2.02. The molecular weight excluding hydrogens is 310 g/mol. The van der Waals surface area contributed by atoms with E-state index in [2.05, 4.69) is 15.3 Å². The van der Waals surface area contributed by atoms with Crippen molar-refractivity contribution >= 4 is 23.1 Å². The van der Waals surface area contributed by atoms with Crippen molar-refractivity contribution in [3.63, 3.8) is 0 Å². The van der Waals surface area contributed by atoms with Gasteiger partial charge in [0.1, 0.15) is 17.2 Å². The van der Waals surface area contributed by atoms with E-state index in [-0.39, 0.29) is 11.0 Å². The van der Waals surface area contributed by atoms with E-state index >= 15 is 0 Å². The number of aromatic nitrogens is 2. The molecule has 114 valence electrons. The normalized spacial score (nSPS) is 10.6. The van der Waals surface area contributed by atoms with Gasteiger partial charge in [-0.2, -0.15) is 18.2 Å². The molecule has 8 heteroatoms. The van der Waals surface area contributed by atoms with E-state index in [1.807, 2.05) is 13.8 Å². The van der Waals surface area contributed by atoms with Gasteiger partial charge in [-0.05, 0) is 29.8 Å². The largest absolute Gasteiger partial charge is 0.421 e. The van der Waals surface area contributed by atoms with E-state index in [9.17, 15) is 17.6 Å². The third-order valence-electron chi connectivity index (χ3n) is 2.15. The Morgan fingerprint density at radius 2 is 1.86 bits per heavy atom.